The third-order valence-electron chi connectivity index (χ3n) is 3.27. The minimum atomic E-state index is 0.00457. The highest BCUT2D eigenvalue weighted by molar-refractivity contribution is 5.75. The summed E-state index contributed by atoms with van der Waals surface area (Å²) in [5.41, 5.74) is 10.2. The first-order valence-corrected chi connectivity index (χ1v) is 6.33. The second-order valence-electron chi connectivity index (χ2n) is 5.82. The Bertz CT molecular complexity index is 594. The number of nitrogens with zero attached hydrogens (tertiary/aromatic N) is 1. The molecule has 2 rings (SSSR count). The molecule has 1 aromatic heterocycles. The van der Waals surface area contributed by atoms with Gasteiger partial charge < -0.3 is 10.5 Å². The van der Waals surface area contributed by atoms with Crippen molar-refractivity contribution < 1.29 is 4.74 Å². The summed E-state index contributed by atoms with van der Waals surface area (Å²) in [4.78, 5) is 0. The lowest BCUT2D eigenvalue weighted by molar-refractivity contribution is 0.394. The highest BCUT2D eigenvalue weighted by Gasteiger charge is 2.22. The average Bonchev–Trinajstić information content (AvgIpc) is 2.73. The van der Waals surface area contributed by atoms with E-state index in [1.165, 1.54) is 5.56 Å². The molecule has 0 atom stereocenters. The summed E-state index contributed by atoms with van der Waals surface area (Å²) >= 11 is 0. The molecule has 19 heavy (non-hydrogen) atoms. The molecular formula is C15H21N3O. The zero-order chi connectivity index (χ0) is 14.2. The van der Waals surface area contributed by atoms with E-state index in [0.29, 0.717) is 5.82 Å². The van der Waals surface area contributed by atoms with E-state index in [1.54, 1.807) is 13.3 Å². The lowest BCUT2D eigenvalue weighted by atomic mass is 9.83. The molecule has 1 aromatic carbocycles. The van der Waals surface area contributed by atoms with Crippen LogP contribution in [0.2, 0.25) is 0 Å². The number of aromatic nitrogens is 2. The number of ether oxygens (including phenoxy) is 1. The van der Waals surface area contributed by atoms with Gasteiger partial charge in [0.15, 0.2) is 0 Å². The molecule has 0 spiro atoms. The first-order chi connectivity index (χ1) is 8.84. The molecule has 4 nitrogen and oxygen atoms in total. The van der Waals surface area contributed by atoms with Crippen molar-refractivity contribution >= 4 is 5.82 Å². The predicted molar refractivity (Wildman–Crippen MR) is 78.4 cm³/mol. The van der Waals surface area contributed by atoms with Crippen LogP contribution in [0.25, 0.3) is 11.1 Å². The van der Waals surface area contributed by atoms with Gasteiger partial charge in [0, 0.05) is 11.1 Å². The zero-order valence-corrected chi connectivity index (χ0v) is 12.2. The van der Waals surface area contributed by atoms with Crippen LogP contribution in [-0.4, -0.2) is 17.3 Å². The number of benzene rings is 1. The van der Waals surface area contributed by atoms with Gasteiger partial charge in [-0.05, 0) is 35.6 Å². The van der Waals surface area contributed by atoms with Gasteiger partial charge in [0.25, 0.3) is 0 Å². The van der Waals surface area contributed by atoms with Crippen molar-refractivity contribution in [3.8, 4) is 16.9 Å². The van der Waals surface area contributed by atoms with Crippen LogP contribution in [0.4, 0.5) is 5.82 Å². The Balaban J connectivity index is 2.67. The quantitative estimate of drug-likeness (QED) is 0.870. The Morgan fingerprint density at radius 2 is 1.95 bits per heavy atom. The molecule has 3 N–H and O–H groups in total. The lowest BCUT2D eigenvalue weighted by Gasteiger charge is -2.24. The van der Waals surface area contributed by atoms with Crippen LogP contribution in [0, 0.1) is 6.92 Å². The van der Waals surface area contributed by atoms with Gasteiger partial charge in [-0.1, -0.05) is 20.8 Å². The number of rotatable bonds is 2. The van der Waals surface area contributed by atoms with Crippen LogP contribution in [0.5, 0.6) is 5.75 Å². The van der Waals surface area contributed by atoms with Crippen molar-refractivity contribution in [1.29, 1.82) is 0 Å². The number of nitrogen functional groups attached to an aromatic ring is 1. The fourth-order valence-corrected chi connectivity index (χ4v) is 2.28. The smallest absolute Gasteiger partial charge is 0.126 e. The molecule has 102 valence electrons. The molecule has 4 heteroatoms. The Labute approximate surface area is 114 Å². The van der Waals surface area contributed by atoms with Crippen LogP contribution in [0.15, 0.2) is 18.3 Å². The number of aryl methyl sites for hydroxylation is 1. The minimum Gasteiger partial charge on any atom is -0.496 e. The normalized spacial score (nSPS) is 11.6. The van der Waals surface area contributed by atoms with E-state index in [4.69, 9.17) is 10.5 Å². The molecule has 0 unspecified atom stereocenters. The van der Waals surface area contributed by atoms with Crippen LogP contribution >= 0.6 is 0 Å². The lowest BCUT2D eigenvalue weighted by Crippen LogP contribution is -2.13. The first kappa shape index (κ1) is 13.5. The summed E-state index contributed by atoms with van der Waals surface area (Å²) in [7, 11) is 1.71. The summed E-state index contributed by atoms with van der Waals surface area (Å²) in [6.07, 6.45) is 1.75. The Morgan fingerprint density at radius 3 is 2.42 bits per heavy atom. The van der Waals surface area contributed by atoms with Gasteiger partial charge in [0.1, 0.15) is 11.6 Å². The fourth-order valence-electron chi connectivity index (χ4n) is 2.28. The van der Waals surface area contributed by atoms with Crippen molar-refractivity contribution in [2.45, 2.75) is 33.1 Å². The Hall–Kier alpha value is -1.97. The van der Waals surface area contributed by atoms with E-state index in [2.05, 4.69) is 43.1 Å². The fraction of sp³-hybridized carbons (Fsp3) is 0.400. The van der Waals surface area contributed by atoms with Gasteiger partial charge in [0.05, 0.1) is 13.3 Å². The molecule has 0 amide bonds. The van der Waals surface area contributed by atoms with Crippen molar-refractivity contribution in [2.24, 2.45) is 0 Å². The number of H-pyrrole nitrogens is 1. The highest BCUT2D eigenvalue weighted by Crippen LogP contribution is 2.38. The van der Waals surface area contributed by atoms with Crippen LogP contribution in [0.1, 0.15) is 31.9 Å². The van der Waals surface area contributed by atoms with E-state index in [-0.39, 0.29) is 5.41 Å². The van der Waals surface area contributed by atoms with Gasteiger partial charge >= 0.3 is 0 Å². The maximum absolute atomic E-state index is 5.90. The summed E-state index contributed by atoms with van der Waals surface area (Å²) in [6.45, 7) is 8.57. The third-order valence-corrected chi connectivity index (χ3v) is 3.27. The molecular weight excluding hydrogens is 238 g/mol. The highest BCUT2D eigenvalue weighted by atomic mass is 16.5. The SMILES string of the molecule is COc1c(C)cc(-c2cn[nH]c2N)cc1C(C)(C)C. The van der Waals surface area contributed by atoms with Crippen LogP contribution < -0.4 is 10.5 Å². The second-order valence-corrected chi connectivity index (χ2v) is 5.82. The molecule has 0 saturated carbocycles. The largest absolute Gasteiger partial charge is 0.496 e. The van der Waals surface area contributed by atoms with Crippen molar-refractivity contribution in [3.05, 3.63) is 29.5 Å². The molecule has 0 aliphatic heterocycles. The number of hydrogen-bond donors (Lipinski definition) is 2. The predicted octanol–water partition coefficient (Wildman–Crippen LogP) is 3.27. The monoisotopic (exact) mass is 259 g/mol. The number of methoxy groups -OCH3 is 1. The maximum Gasteiger partial charge on any atom is 0.126 e. The molecule has 0 saturated heterocycles. The molecule has 1 heterocycles. The van der Waals surface area contributed by atoms with Crippen molar-refractivity contribution in [2.75, 3.05) is 12.8 Å². The van der Waals surface area contributed by atoms with E-state index >= 15 is 0 Å². The summed E-state index contributed by atoms with van der Waals surface area (Å²) in [5, 5.41) is 6.75. The van der Waals surface area contributed by atoms with Gasteiger partial charge in [-0.3, -0.25) is 5.10 Å². The van der Waals surface area contributed by atoms with Crippen molar-refractivity contribution in [3.63, 3.8) is 0 Å². The van der Waals surface area contributed by atoms with E-state index in [9.17, 15) is 0 Å². The Morgan fingerprint density at radius 1 is 1.26 bits per heavy atom. The van der Waals surface area contributed by atoms with Crippen LogP contribution in [-0.2, 0) is 5.41 Å². The summed E-state index contributed by atoms with van der Waals surface area (Å²) in [6, 6.07) is 4.21. The number of hydrogen-bond acceptors (Lipinski definition) is 3. The topological polar surface area (TPSA) is 63.9 Å². The van der Waals surface area contributed by atoms with Gasteiger partial charge in [-0.25, -0.2) is 0 Å². The molecule has 0 fully saturated rings. The van der Waals surface area contributed by atoms with Gasteiger partial charge in [0.2, 0.25) is 0 Å². The average molecular weight is 259 g/mol. The van der Waals surface area contributed by atoms with E-state index in [0.717, 1.165) is 22.4 Å². The molecule has 0 bridgehead atoms. The summed E-state index contributed by atoms with van der Waals surface area (Å²) in [5.74, 6) is 1.53. The summed E-state index contributed by atoms with van der Waals surface area (Å²) < 4.78 is 5.55. The van der Waals surface area contributed by atoms with E-state index < -0.39 is 0 Å². The van der Waals surface area contributed by atoms with Gasteiger partial charge in [-0.2, -0.15) is 5.10 Å². The minimum absolute atomic E-state index is 0.00457. The third kappa shape index (κ3) is 2.43. The standard InChI is InChI=1S/C15H21N3O/c1-9-6-10(11-8-17-18-14(11)16)7-12(13(9)19-5)15(2,3)4/h6-8H,1-5H3,(H3,16,17,18). The molecule has 0 radical (unpaired) electrons. The Kier molecular flexibility index (Phi) is 3.27. The number of nitrogens with two attached hydrogens (primary N) is 1. The molecule has 2 aromatic rings. The number of aromatic amines is 1. The van der Waals surface area contributed by atoms with Gasteiger partial charge in [-0.15, -0.1) is 0 Å². The number of anilines is 1. The first-order valence-electron chi connectivity index (χ1n) is 6.33. The number of nitrogens with one attached hydrogen (secondary N) is 1. The molecule has 0 aliphatic rings. The zero-order valence-electron chi connectivity index (χ0n) is 12.2. The molecule has 0 aliphatic carbocycles. The van der Waals surface area contributed by atoms with Crippen molar-refractivity contribution in [1.82, 2.24) is 10.2 Å². The van der Waals surface area contributed by atoms with E-state index in [1.807, 2.05) is 6.92 Å². The maximum atomic E-state index is 5.90. The van der Waals surface area contributed by atoms with Crippen LogP contribution in [0.3, 0.4) is 0 Å². The second kappa shape index (κ2) is 4.61.